The molecular weight excluding hydrogens is 272 g/mol. The summed E-state index contributed by atoms with van der Waals surface area (Å²) in [5, 5.41) is 9.61. The van der Waals surface area contributed by atoms with E-state index in [-0.39, 0.29) is 0 Å². The van der Waals surface area contributed by atoms with E-state index in [1.165, 1.54) is 0 Å². The zero-order chi connectivity index (χ0) is 14.5. The first-order valence-electron chi connectivity index (χ1n) is 6.01. The van der Waals surface area contributed by atoms with Gasteiger partial charge in [0.05, 0.1) is 5.56 Å². The number of nitrogens with zero attached hydrogens (tertiary/aromatic N) is 1. The predicted octanol–water partition coefficient (Wildman–Crippen LogP) is 4.31. The van der Waals surface area contributed by atoms with E-state index in [1.54, 1.807) is 36.4 Å². The number of nitrogen functional groups attached to an aromatic ring is 1. The van der Waals surface area contributed by atoms with E-state index in [0.717, 1.165) is 5.56 Å². The molecule has 2 aromatic rings. The third kappa shape index (κ3) is 3.11. The van der Waals surface area contributed by atoms with Crippen LogP contribution in [-0.2, 0) is 6.42 Å². The number of allylic oxidation sites excluding steroid dienone is 1. The van der Waals surface area contributed by atoms with Gasteiger partial charge in [0.2, 0.25) is 0 Å². The molecule has 0 aliphatic rings. The fraction of sp³-hybridized carbons (Fsp3) is 0.0625. The molecule has 0 spiro atoms. The number of halogens is 1. The Morgan fingerprint density at radius 1 is 1.25 bits per heavy atom. The Balaban J connectivity index is 2.42. The summed E-state index contributed by atoms with van der Waals surface area (Å²) >= 11 is 5.94. The Morgan fingerprint density at radius 3 is 2.75 bits per heavy atom. The largest absolute Gasteiger partial charge is 0.456 e. The molecular formula is C16H13ClN2O. The third-order valence-electron chi connectivity index (χ3n) is 2.73. The van der Waals surface area contributed by atoms with Crippen LogP contribution < -0.4 is 10.5 Å². The molecule has 3 nitrogen and oxygen atoms in total. The van der Waals surface area contributed by atoms with Crippen LogP contribution in [0.25, 0.3) is 0 Å². The highest BCUT2D eigenvalue weighted by atomic mass is 35.5. The Kier molecular flexibility index (Phi) is 4.29. The lowest BCUT2D eigenvalue weighted by molar-refractivity contribution is 0.476. The molecule has 0 aliphatic carbocycles. The van der Waals surface area contributed by atoms with Gasteiger partial charge in [-0.15, -0.1) is 6.58 Å². The normalized spacial score (nSPS) is 9.80. The van der Waals surface area contributed by atoms with Gasteiger partial charge in [-0.1, -0.05) is 17.7 Å². The summed E-state index contributed by atoms with van der Waals surface area (Å²) in [7, 11) is 0. The zero-order valence-electron chi connectivity index (χ0n) is 10.8. The summed E-state index contributed by atoms with van der Waals surface area (Å²) in [4.78, 5) is 0. The molecule has 0 saturated carbocycles. The lowest BCUT2D eigenvalue weighted by Crippen LogP contribution is -1.95. The van der Waals surface area contributed by atoms with Gasteiger partial charge in [0.15, 0.2) is 0 Å². The Bertz CT molecular complexity index is 689. The van der Waals surface area contributed by atoms with E-state index in [4.69, 9.17) is 27.3 Å². The van der Waals surface area contributed by atoms with Crippen molar-refractivity contribution in [2.45, 2.75) is 6.42 Å². The first kappa shape index (κ1) is 14.0. The average molecular weight is 285 g/mol. The number of anilines is 1. The summed E-state index contributed by atoms with van der Waals surface area (Å²) in [6.07, 6.45) is 2.40. The van der Waals surface area contributed by atoms with Crippen molar-refractivity contribution in [3.05, 3.63) is 65.2 Å². The number of rotatable bonds is 4. The van der Waals surface area contributed by atoms with Gasteiger partial charge in [0.25, 0.3) is 0 Å². The van der Waals surface area contributed by atoms with Crippen molar-refractivity contribution >= 4 is 17.3 Å². The highest BCUT2D eigenvalue weighted by Gasteiger charge is 2.09. The summed E-state index contributed by atoms with van der Waals surface area (Å²) in [6, 6.07) is 12.3. The van der Waals surface area contributed by atoms with Gasteiger partial charge in [0.1, 0.15) is 17.6 Å². The molecule has 0 aliphatic heterocycles. The molecule has 0 bridgehead atoms. The minimum atomic E-state index is 0.426. The lowest BCUT2D eigenvalue weighted by atomic mass is 10.1. The Labute approximate surface area is 122 Å². The zero-order valence-corrected chi connectivity index (χ0v) is 11.5. The lowest BCUT2D eigenvalue weighted by Gasteiger charge is -2.12. The van der Waals surface area contributed by atoms with E-state index < -0.39 is 0 Å². The molecule has 2 aromatic carbocycles. The number of nitrogens with two attached hydrogens (primary N) is 1. The molecule has 2 rings (SSSR count). The van der Waals surface area contributed by atoms with E-state index in [2.05, 4.69) is 12.6 Å². The van der Waals surface area contributed by atoms with Crippen LogP contribution in [0, 0.1) is 11.3 Å². The van der Waals surface area contributed by atoms with Crippen molar-refractivity contribution in [2.75, 3.05) is 5.73 Å². The van der Waals surface area contributed by atoms with Crippen LogP contribution in [0.4, 0.5) is 5.69 Å². The van der Waals surface area contributed by atoms with E-state index >= 15 is 0 Å². The van der Waals surface area contributed by atoms with Crippen molar-refractivity contribution in [1.29, 1.82) is 5.26 Å². The summed E-state index contributed by atoms with van der Waals surface area (Å²) in [6.45, 7) is 3.71. The fourth-order valence-electron chi connectivity index (χ4n) is 1.81. The maximum atomic E-state index is 9.09. The summed E-state index contributed by atoms with van der Waals surface area (Å²) < 4.78 is 5.81. The van der Waals surface area contributed by atoms with Crippen LogP contribution in [0.5, 0.6) is 11.5 Å². The maximum Gasteiger partial charge on any atom is 0.146 e. The molecule has 0 fully saturated rings. The van der Waals surface area contributed by atoms with E-state index in [1.807, 2.05) is 6.07 Å². The number of hydrogen-bond acceptors (Lipinski definition) is 3. The molecule has 4 heteroatoms. The number of ether oxygens (including phenoxy) is 1. The first-order chi connectivity index (χ1) is 9.63. The highest BCUT2D eigenvalue weighted by molar-refractivity contribution is 6.30. The maximum absolute atomic E-state index is 9.09. The molecule has 2 N–H and O–H groups in total. The van der Waals surface area contributed by atoms with Gasteiger partial charge in [-0.05, 0) is 36.8 Å². The van der Waals surface area contributed by atoms with Gasteiger partial charge >= 0.3 is 0 Å². The second-order valence-electron chi connectivity index (χ2n) is 4.21. The van der Waals surface area contributed by atoms with Crippen LogP contribution in [0.15, 0.2) is 49.1 Å². The molecule has 0 saturated heterocycles. The van der Waals surface area contributed by atoms with Crippen molar-refractivity contribution in [1.82, 2.24) is 0 Å². The van der Waals surface area contributed by atoms with E-state index in [9.17, 15) is 0 Å². The SMILES string of the molecule is C=CCc1cc(N)ccc1Oc1cc(Cl)ccc1C#N. The molecule has 0 amide bonds. The Morgan fingerprint density at radius 2 is 2.05 bits per heavy atom. The quantitative estimate of drug-likeness (QED) is 0.672. The van der Waals surface area contributed by atoms with Crippen molar-refractivity contribution in [2.24, 2.45) is 0 Å². The number of nitriles is 1. The Hall–Kier alpha value is -2.44. The third-order valence-corrected chi connectivity index (χ3v) is 2.97. The second-order valence-corrected chi connectivity index (χ2v) is 4.65. The molecule has 0 unspecified atom stereocenters. The predicted molar refractivity (Wildman–Crippen MR) is 81.0 cm³/mol. The summed E-state index contributed by atoms with van der Waals surface area (Å²) in [5.41, 5.74) is 7.75. The minimum Gasteiger partial charge on any atom is -0.456 e. The van der Waals surface area contributed by atoms with E-state index in [0.29, 0.717) is 34.2 Å². The molecule has 0 radical (unpaired) electrons. The highest BCUT2D eigenvalue weighted by Crippen LogP contribution is 2.31. The van der Waals surface area contributed by atoms with Crippen LogP contribution in [-0.4, -0.2) is 0 Å². The van der Waals surface area contributed by atoms with Crippen LogP contribution in [0.1, 0.15) is 11.1 Å². The standard InChI is InChI=1S/C16H13ClN2O/c1-2-3-11-8-14(19)6-7-15(11)20-16-9-13(17)5-4-12(16)10-18/h2,4-9H,1,3,19H2. The smallest absolute Gasteiger partial charge is 0.146 e. The van der Waals surface area contributed by atoms with Crippen molar-refractivity contribution < 1.29 is 4.74 Å². The van der Waals surface area contributed by atoms with Gasteiger partial charge < -0.3 is 10.5 Å². The van der Waals surface area contributed by atoms with Gasteiger partial charge in [-0.3, -0.25) is 0 Å². The summed E-state index contributed by atoms with van der Waals surface area (Å²) in [5.74, 6) is 1.06. The average Bonchev–Trinajstić information content (AvgIpc) is 2.42. The monoisotopic (exact) mass is 284 g/mol. The molecule has 20 heavy (non-hydrogen) atoms. The molecule has 0 atom stereocenters. The fourth-order valence-corrected chi connectivity index (χ4v) is 1.97. The minimum absolute atomic E-state index is 0.426. The van der Waals surface area contributed by atoms with Crippen LogP contribution in [0.3, 0.4) is 0 Å². The van der Waals surface area contributed by atoms with Crippen LogP contribution >= 0.6 is 11.6 Å². The van der Waals surface area contributed by atoms with Crippen molar-refractivity contribution in [3.63, 3.8) is 0 Å². The van der Waals surface area contributed by atoms with Gasteiger partial charge in [-0.2, -0.15) is 5.26 Å². The number of hydrogen-bond donors (Lipinski definition) is 1. The molecule has 0 aromatic heterocycles. The van der Waals surface area contributed by atoms with Crippen molar-refractivity contribution in [3.8, 4) is 17.6 Å². The first-order valence-corrected chi connectivity index (χ1v) is 6.38. The molecule has 100 valence electrons. The van der Waals surface area contributed by atoms with Gasteiger partial charge in [0, 0.05) is 22.3 Å². The van der Waals surface area contributed by atoms with Crippen LogP contribution in [0.2, 0.25) is 5.02 Å². The number of benzene rings is 2. The van der Waals surface area contributed by atoms with Gasteiger partial charge in [-0.25, -0.2) is 0 Å². The molecule has 0 heterocycles. The topological polar surface area (TPSA) is 59.0 Å². The second kappa shape index (κ2) is 6.14.